The van der Waals surface area contributed by atoms with Crippen LogP contribution in [-0.4, -0.2) is 19.5 Å². The minimum atomic E-state index is -3.62. The van der Waals surface area contributed by atoms with Crippen LogP contribution in [0.2, 0.25) is 5.02 Å². The summed E-state index contributed by atoms with van der Waals surface area (Å²) in [6, 6.07) is 13.3. The van der Waals surface area contributed by atoms with Gasteiger partial charge in [-0.15, -0.1) is 0 Å². The molecule has 27 heavy (non-hydrogen) atoms. The summed E-state index contributed by atoms with van der Waals surface area (Å²) in [6.07, 6.45) is 0. The Labute approximate surface area is 192 Å². The zero-order chi connectivity index (χ0) is 19.9. The molecule has 0 radical (unpaired) electrons. The standard InChI is InChI=1S/C11H13ClO2.C7H7ClNO2S.Na/c1-7(2)10(11(13)14)8-3-5-9(12)6-4-8;1-6-2-4-7(5-3-6)12(10,11)9-8;/h3-7,10H,1-2H3,(H,13,14);2-5H,1H3;/q;-1;+1. The first-order valence-electron chi connectivity index (χ1n) is 7.71. The average Bonchev–Trinajstić information content (AvgIpc) is 2.57. The molecular formula is C18H20Cl2NNaO4S. The van der Waals surface area contributed by atoms with Crippen molar-refractivity contribution in [2.75, 3.05) is 0 Å². The molecule has 2 aromatic rings. The number of sulfonamides is 1. The van der Waals surface area contributed by atoms with Gasteiger partial charge in [0.25, 0.3) is 0 Å². The van der Waals surface area contributed by atoms with Gasteiger partial charge in [-0.25, -0.2) is 8.42 Å². The predicted octanol–water partition coefficient (Wildman–Crippen LogP) is 2.38. The molecule has 1 unspecified atom stereocenters. The van der Waals surface area contributed by atoms with E-state index in [0.717, 1.165) is 11.1 Å². The van der Waals surface area contributed by atoms with E-state index in [1.54, 1.807) is 36.4 Å². The number of halogens is 2. The van der Waals surface area contributed by atoms with Crippen LogP contribution in [0.1, 0.15) is 30.9 Å². The molecule has 1 N–H and O–H groups in total. The maximum Gasteiger partial charge on any atom is 1.00 e. The number of benzene rings is 2. The van der Waals surface area contributed by atoms with Crippen LogP contribution in [0.3, 0.4) is 0 Å². The molecule has 2 rings (SSSR count). The largest absolute Gasteiger partial charge is 1.00 e. The van der Waals surface area contributed by atoms with Gasteiger partial charge >= 0.3 is 35.5 Å². The summed E-state index contributed by atoms with van der Waals surface area (Å²) < 4.78 is 24.8. The summed E-state index contributed by atoms with van der Waals surface area (Å²) in [4.78, 5) is 11.1. The molecule has 2 aromatic carbocycles. The van der Waals surface area contributed by atoms with Gasteiger partial charge in [0.1, 0.15) is 10.0 Å². The van der Waals surface area contributed by atoms with Crippen LogP contribution in [0.5, 0.6) is 0 Å². The van der Waals surface area contributed by atoms with Crippen LogP contribution in [-0.2, 0) is 14.8 Å². The van der Waals surface area contributed by atoms with Crippen LogP contribution in [0.4, 0.5) is 0 Å². The number of hydrogen-bond donors (Lipinski definition) is 1. The zero-order valence-corrected chi connectivity index (χ0v) is 19.9. The predicted molar refractivity (Wildman–Crippen MR) is 104 cm³/mol. The first-order valence-corrected chi connectivity index (χ1v) is 9.87. The molecule has 0 bridgehead atoms. The fourth-order valence-electron chi connectivity index (χ4n) is 2.23. The summed E-state index contributed by atoms with van der Waals surface area (Å²) in [6.45, 7) is 5.66. The van der Waals surface area contributed by atoms with Gasteiger partial charge in [0, 0.05) is 9.92 Å². The van der Waals surface area contributed by atoms with Crippen molar-refractivity contribution >= 4 is 39.4 Å². The summed E-state index contributed by atoms with van der Waals surface area (Å²) in [7, 11) is -3.62. The average molecular weight is 440 g/mol. The van der Waals surface area contributed by atoms with E-state index in [4.69, 9.17) is 28.5 Å². The third-order valence-electron chi connectivity index (χ3n) is 3.57. The van der Waals surface area contributed by atoms with Gasteiger partial charge in [-0.3, -0.25) is 16.6 Å². The quantitative estimate of drug-likeness (QED) is 0.724. The van der Waals surface area contributed by atoms with Gasteiger partial charge < -0.3 is 9.35 Å². The maximum atomic E-state index is 11.0. The molecule has 0 saturated heterocycles. The van der Waals surface area contributed by atoms with Gasteiger partial charge in [-0.05, 0) is 42.7 Å². The van der Waals surface area contributed by atoms with Crippen LogP contribution < -0.4 is 29.6 Å². The number of carboxylic acids is 1. The monoisotopic (exact) mass is 439 g/mol. The van der Waals surface area contributed by atoms with Crippen LogP contribution in [0, 0.1) is 12.8 Å². The van der Waals surface area contributed by atoms with Crippen molar-refractivity contribution < 1.29 is 47.9 Å². The number of aliphatic carboxylic acids is 1. The van der Waals surface area contributed by atoms with Gasteiger partial charge in [0.05, 0.1) is 5.92 Å². The number of aryl methyl sites for hydroxylation is 1. The van der Waals surface area contributed by atoms with E-state index < -0.39 is 21.9 Å². The number of carboxylic acid groups (broad SMARTS) is 1. The first kappa shape index (κ1) is 26.4. The third-order valence-corrected chi connectivity index (χ3v) is 5.42. The number of nitrogens with zero attached hydrogens (tertiary/aromatic N) is 1. The van der Waals surface area contributed by atoms with Crippen molar-refractivity contribution in [2.45, 2.75) is 31.6 Å². The molecule has 0 heterocycles. The molecule has 0 fully saturated rings. The summed E-state index contributed by atoms with van der Waals surface area (Å²) in [5, 5.41) is 9.66. The summed E-state index contributed by atoms with van der Waals surface area (Å²) in [5.74, 6) is -1.16. The summed E-state index contributed by atoms with van der Waals surface area (Å²) >= 11 is 10.6. The molecule has 1 atom stereocenters. The van der Waals surface area contributed by atoms with Crippen LogP contribution in [0.15, 0.2) is 53.4 Å². The zero-order valence-electron chi connectivity index (χ0n) is 15.6. The molecule has 0 saturated carbocycles. The normalized spacial score (nSPS) is 11.8. The van der Waals surface area contributed by atoms with Crippen molar-refractivity contribution in [1.82, 2.24) is 0 Å². The molecule has 5 nitrogen and oxygen atoms in total. The number of carbonyl (C=O) groups is 1. The number of rotatable bonds is 5. The Bertz CT molecular complexity index is 825. The molecule has 9 heteroatoms. The first-order chi connectivity index (χ1) is 12.1. The van der Waals surface area contributed by atoms with E-state index in [1.165, 1.54) is 12.1 Å². The van der Waals surface area contributed by atoms with Crippen molar-refractivity contribution in [3.05, 3.63) is 68.9 Å². The molecular weight excluding hydrogens is 420 g/mol. The van der Waals surface area contributed by atoms with Gasteiger partial charge in [-0.2, -0.15) is 0 Å². The molecule has 142 valence electrons. The van der Waals surface area contributed by atoms with Gasteiger partial charge in [0.2, 0.25) is 0 Å². The fraction of sp³-hybridized carbons (Fsp3) is 0.278. The Balaban J connectivity index is 0.000000488. The minimum absolute atomic E-state index is 0. The second-order valence-electron chi connectivity index (χ2n) is 5.97. The molecule has 0 spiro atoms. The van der Waals surface area contributed by atoms with Crippen LogP contribution >= 0.6 is 23.4 Å². The fourth-order valence-corrected chi connectivity index (χ4v) is 3.16. The smallest absolute Gasteiger partial charge is 0.481 e. The molecule has 0 aliphatic heterocycles. The molecule has 0 aliphatic rings. The van der Waals surface area contributed by atoms with E-state index in [2.05, 4.69) is 4.24 Å². The SMILES string of the molecule is CC(C)C(C(=O)O)c1ccc(Cl)cc1.Cc1ccc(S(=O)(=O)[N-]Cl)cc1.[Na+]. The van der Waals surface area contributed by atoms with E-state index >= 15 is 0 Å². The topological polar surface area (TPSA) is 85.5 Å². The molecule has 0 aliphatic carbocycles. The Hall–Kier alpha value is -0.600. The third kappa shape index (κ3) is 8.52. The molecule has 0 aromatic heterocycles. The summed E-state index contributed by atoms with van der Waals surface area (Å²) in [5.41, 5.74) is 1.79. The Morgan fingerprint density at radius 2 is 1.52 bits per heavy atom. The van der Waals surface area contributed by atoms with E-state index in [0.29, 0.717) is 5.02 Å². The van der Waals surface area contributed by atoms with E-state index in [9.17, 15) is 13.2 Å². The second-order valence-corrected chi connectivity index (χ2v) is 8.38. The van der Waals surface area contributed by atoms with Crippen molar-refractivity contribution in [2.24, 2.45) is 5.92 Å². The van der Waals surface area contributed by atoms with Crippen molar-refractivity contribution in [3.63, 3.8) is 0 Å². The van der Waals surface area contributed by atoms with Crippen molar-refractivity contribution in [3.8, 4) is 0 Å². The van der Waals surface area contributed by atoms with E-state index in [-0.39, 0.29) is 40.4 Å². The Morgan fingerprint density at radius 3 is 1.89 bits per heavy atom. The van der Waals surface area contributed by atoms with Gasteiger partial charge in [-0.1, -0.05) is 55.3 Å². The molecule has 0 amide bonds. The minimum Gasteiger partial charge on any atom is -0.481 e. The van der Waals surface area contributed by atoms with Gasteiger partial charge in [0.15, 0.2) is 0 Å². The Morgan fingerprint density at radius 1 is 1.04 bits per heavy atom. The maximum absolute atomic E-state index is 11.0. The van der Waals surface area contributed by atoms with Crippen molar-refractivity contribution in [1.29, 1.82) is 0 Å². The number of hydrogen-bond acceptors (Lipinski definition) is 3. The second kappa shape index (κ2) is 12.1. The Kier molecular flexibility index (Phi) is 11.8. The van der Waals surface area contributed by atoms with E-state index in [1.807, 2.05) is 20.8 Å². The van der Waals surface area contributed by atoms with Crippen LogP contribution in [0.25, 0.3) is 4.24 Å².